The first-order chi connectivity index (χ1) is 39.3. The molecule has 6 aromatic carbocycles. The standard InChI is InChI=1S/C64H52N10.C5H8.C2H6/c1-63(2,3)37-57-65-29-25-59(69-57)71-49-19-11-7-15-41(49)45-35-55-47(33-53(45)71)43-17-9-13-21-51(43)73(55)61-31-39(23-27-67-61)40-24-28-68-62(32-40)74-52-22-14-10-18-44(52)48-34-54-46(36-56(48)74)42-16-8-12-20-50(42)72(54)60-26-30-66-58(70-60)38-64(4,5)6;1-3-5-4-2;1-2/h7-36H,37-38H2,1-6H3;3-5H,1H2,2H3;1-2H3/b;5-4-;. The third-order valence-electron chi connectivity index (χ3n) is 14.8. The highest BCUT2D eigenvalue weighted by molar-refractivity contribution is 6.20. The summed E-state index contributed by atoms with van der Waals surface area (Å²) in [6.45, 7) is 22.8. The summed E-state index contributed by atoms with van der Waals surface area (Å²) in [5.41, 5.74) is 10.9. The van der Waals surface area contributed by atoms with Crippen LogP contribution in [0.2, 0.25) is 0 Å². The number of pyridine rings is 2. The molecule has 0 N–H and O–H groups in total. The number of nitrogens with zero attached hydrogens (tertiary/aromatic N) is 10. The molecule has 8 heterocycles. The van der Waals surface area contributed by atoms with E-state index in [1.165, 1.54) is 0 Å². The highest BCUT2D eigenvalue weighted by Gasteiger charge is 2.24. The summed E-state index contributed by atoms with van der Waals surface area (Å²) in [7, 11) is 0. The molecular weight excluding hydrogens is 993 g/mol. The first-order valence-electron chi connectivity index (χ1n) is 28.1. The van der Waals surface area contributed by atoms with Gasteiger partial charge in [0.15, 0.2) is 0 Å². The summed E-state index contributed by atoms with van der Waals surface area (Å²) < 4.78 is 9.22. The Morgan fingerprint density at radius 2 is 0.679 bits per heavy atom. The maximum atomic E-state index is 5.16. The van der Waals surface area contributed by atoms with Crippen LogP contribution in [0.4, 0.5) is 0 Å². The van der Waals surface area contributed by atoms with Crippen molar-refractivity contribution in [1.82, 2.24) is 48.2 Å². The summed E-state index contributed by atoms with van der Waals surface area (Å²) in [6.07, 6.45) is 14.8. The minimum atomic E-state index is 0.0555. The zero-order chi connectivity index (χ0) is 56.2. The van der Waals surface area contributed by atoms with Crippen molar-refractivity contribution < 1.29 is 0 Å². The van der Waals surface area contributed by atoms with E-state index in [9.17, 15) is 0 Å². The molecule has 0 unspecified atom stereocenters. The maximum Gasteiger partial charge on any atom is 0.141 e. The Bertz CT molecular complexity index is 4450. The van der Waals surface area contributed by atoms with Crippen LogP contribution in [0.25, 0.3) is 122 Å². The van der Waals surface area contributed by atoms with Gasteiger partial charge in [-0.15, -0.1) is 0 Å². The van der Waals surface area contributed by atoms with Gasteiger partial charge in [0.25, 0.3) is 0 Å². The molecule has 0 radical (unpaired) electrons. The van der Waals surface area contributed by atoms with E-state index in [0.29, 0.717) is 0 Å². The Labute approximate surface area is 472 Å². The molecule has 0 fully saturated rings. The van der Waals surface area contributed by atoms with E-state index in [0.717, 1.165) is 146 Å². The van der Waals surface area contributed by atoms with Gasteiger partial charge in [0.1, 0.15) is 34.9 Å². The zero-order valence-electron chi connectivity index (χ0n) is 47.6. The largest absolute Gasteiger partial charge is 0.294 e. The van der Waals surface area contributed by atoms with E-state index in [2.05, 4.69) is 222 Å². The minimum Gasteiger partial charge on any atom is -0.294 e. The number of rotatable bonds is 8. The molecule has 0 spiro atoms. The van der Waals surface area contributed by atoms with Crippen LogP contribution >= 0.6 is 0 Å². The summed E-state index contributed by atoms with van der Waals surface area (Å²) in [5, 5.41) is 9.22. The second kappa shape index (κ2) is 20.9. The molecule has 14 rings (SSSR count). The Morgan fingerprint density at radius 1 is 0.370 bits per heavy atom. The number of allylic oxidation sites excluding steroid dienone is 3. The lowest BCUT2D eigenvalue weighted by Crippen LogP contribution is -2.13. The second-order valence-corrected chi connectivity index (χ2v) is 22.9. The van der Waals surface area contributed by atoms with Crippen molar-refractivity contribution in [2.45, 2.75) is 75.2 Å². The molecule has 0 aliphatic carbocycles. The maximum absolute atomic E-state index is 5.16. The van der Waals surface area contributed by atoms with Crippen LogP contribution in [-0.4, -0.2) is 48.2 Å². The van der Waals surface area contributed by atoms with Crippen LogP contribution in [0, 0.1) is 10.8 Å². The van der Waals surface area contributed by atoms with Gasteiger partial charge in [-0.3, -0.25) is 18.3 Å². The highest BCUT2D eigenvalue weighted by atomic mass is 15.1. The lowest BCUT2D eigenvalue weighted by molar-refractivity contribution is 0.400. The number of aromatic nitrogens is 10. The Hall–Kier alpha value is -9.54. The Morgan fingerprint density at radius 3 is 0.975 bits per heavy atom. The molecule has 0 saturated heterocycles. The van der Waals surface area contributed by atoms with Crippen molar-refractivity contribution in [3.8, 4) is 34.4 Å². The van der Waals surface area contributed by atoms with Crippen molar-refractivity contribution in [2.24, 2.45) is 10.8 Å². The lowest BCUT2D eigenvalue weighted by atomic mass is 9.92. The summed E-state index contributed by atoms with van der Waals surface area (Å²) in [6, 6.07) is 56.6. The predicted molar refractivity (Wildman–Crippen MR) is 339 cm³/mol. The molecule has 0 aliphatic rings. The molecule has 14 aromatic rings. The van der Waals surface area contributed by atoms with Crippen LogP contribution in [0.15, 0.2) is 207 Å². The average Bonchev–Trinajstić information content (AvgIpc) is 3.76. The van der Waals surface area contributed by atoms with Gasteiger partial charge in [-0.1, -0.05) is 153 Å². The van der Waals surface area contributed by atoms with E-state index < -0.39 is 0 Å². The quantitative estimate of drug-likeness (QED) is 0.141. The van der Waals surface area contributed by atoms with Crippen LogP contribution in [-0.2, 0) is 12.8 Å². The van der Waals surface area contributed by atoms with E-state index in [1.54, 1.807) is 6.08 Å². The molecule has 0 bridgehead atoms. The molecule has 8 aromatic heterocycles. The molecular formula is C71H66N10. The smallest absolute Gasteiger partial charge is 0.141 e. The topological polar surface area (TPSA) is 97.1 Å². The van der Waals surface area contributed by atoms with E-state index in [-0.39, 0.29) is 10.8 Å². The number of fused-ring (bicyclic) bond motifs is 12. The van der Waals surface area contributed by atoms with E-state index >= 15 is 0 Å². The molecule has 0 aliphatic heterocycles. The van der Waals surface area contributed by atoms with Gasteiger partial charge < -0.3 is 0 Å². The molecule has 0 saturated carbocycles. The van der Waals surface area contributed by atoms with Crippen LogP contribution in [0.1, 0.15) is 74.0 Å². The molecule has 0 amide bonds. The van der Waals surface area contributed by atoms with Crippen molar-refractivity contribution in [1.29, 1.82) is 0 Å². The minimum absolute atomic E-state index is 0.0555. The predicted octanol–water partition coefficient (Wildman–Crippen LogP) is 18.1. The first-order valence-corrected chi connectivity index (χ1v) is 28.1. The first kappa shape index (κ1) is 52.2. The zero-order valence-corrected chi connectivity index (χ0v) is 47.6. The molecule has 400 valence electrons. The lowest BCUT2D eigenvalue weighted by Gasteiger charge is -2.17. The highest BCUT2D eigenvalue weighted by Crippen LogP contribution is 2.42. The van der Waals surface area contributed by atoms with E-state index in [4.69, 9.17) is 19.9 Å². The monoisotopic (exact) mass is 1060 g/mol. The van der Waals surface area contributed by atoms with Crippen molar-refractivity contribution >= 4 is 87.2 Å². The van der Waals surface area contributed by atoms with Crippen molar-refractivity contribution in [2.75, 3.05) is 0 Å². The Balaban J connectivity index is 0.000000884. The SMILES string of the molecule is C=C/C=C\C.CC.CC(C)(C)Cc1nccc(-n2c3ccccc3c3cc4c(cc32)c2ccccc2n4-c2cc(-c3ccnc(-n4c5ccccc5c5cc6c(cc54)c4ccccc4n6-c4ccnc(CC(C)(C)C)n4)c3)ccn2)n1. The number of benzene rings is 6. The fraction of sp³-hybridized carbons (Fsp3) is 0.183. The van der Waals surface area contributed by atoms with Crippen LogP contribution in [0.3, 0.4) is 0 Å². The summed E-state index contributed by atoms with van der Waals surface area (Å²) >= 11 is 0. The summed E-state index contributed by atoms with van der Waals surface area (Å²) in [4.78, 5) is 29.9. The van der Waals surface area contributed by atoms with Crippen LogP contribution in [0.5, 0.6) is 0 Å². The third kappa shape index (κ3) is 9.50. The van der Waals surface area contributed by atoms with Gasteiger partial charge in [-0.05, 0) is 114 Å². The van der Waals surface area contributed by atoms with Gasteiger partial charge >= 0.3 is 0 Å². The second-order valence-electron chi connectivity index (χ2n) is 22.9. The number of para-hydroxylation sites is 4. The molecule has 81 heavy (non-hydrogen) atoms. The number of hydrogen-bond donors (Lipinski definition) is 0. The van der Waals surface area contributed by atoms with Crippen molar-refractivity contribution in [3.63, 3.8) is 0 Å². The fourth-order valence-corrected chi connectivity index (χ4v) is 11.6. The third-order valence-corrected chi connectivity index (χ3v) is 14.8. The Kier molecular flexibility index (Phi) is 13.5. The average molecular weight is 1060 g/mol. The van der Waals surface area contributed by atoms with Gasteiger partial charge in [-0.25, -0.2) is 29.9 Å². The fourth-order valence-electron chi connectivity index (χ4n) is 11.6. The van der Waals surface area contributed by atoms with Crippen LogP contribution < -0.4 is 0 Å². The van der Waals surface area contributed by atoms with Gasteiger partial charge in [-0.2, -0.15) is 0 Å². The normalized spacial score (nSPS) is 12.1. The molecule has 10 heteroatoms. The summed E-state index contributed by atoms with van der Waals surface area (Å²) in [5.74, 6) is 5.08. The van der Waals surface area contributed by atoms with Crippen molar-refractivity contribution in [3.05, 3.63) is 219 Å². The number of hydrogen-bond acceptors (Lipinski definition) is 6. The van der Waals surface area contributed by atoms with Gasteiger partial charge in [0.2, 0.25) is 0 Å². The van der Waals surface area contributed by atoms with Gasteiger partial charge in [0.05, 0.1) is 44.1 Å². The van der Waals surface area contributed by atoms with Gasteiger partial charge in [0, 0.05) is 80.7 Å². The van der Waals surface area contributed by atoms with E-state index in [1.807, 2.05) is 69.8 Å². The molecule has 10 nitrogen and oxygen atoms in total. The molecule has 0 atom stereocenters.